The highest BCUT2D eigenvalue weighted by atomic mass is 16.5. The fourth-order valence-electron chi connectivity index (χ4n) is 4.34. The number of fused-ring (bicyclic) bond motifs is 1. The minimum absolute atomic E-state index is 0.0795. The Morgan fingerprint density at radius 3 is 2.55 bits per heavy atom. The van der Waals surface area contributed by atoms with Gasteiger partial charge in [-0.1, -0.05) is 38.1 Å². The molecule has 0 saturated heterocycles. The standard InChI is InChI=1S/C24H28N2O3/c1-5-29-23-15(9-8-12-20(23)28-4)22-21-18(13-24(2,3)14-19(21)27)25-16-10-6-7-11-17(16)26-22/h6-12,22,25-26H,5,13-14H2,1-4H3. The Kier molecular flexibility index (Phi) is 4.99. The van der Waals surface area contributed by atoms with Crippen LogP contribution >= 0.6 is 0 Å². The van der Waals surface area contributed by atoms with Crippen molar-refractivity contribution in [2.75, 3.05) is 24.4 Å². The molecule has 0 saturated carbocycles. The zero-order valence-electron chi connectivity index (χ0n) is 17.5. The molecule has 1 heterocycles. The van der Waals surface area contributed by atoms with Crippen molar-refractivity contribution in [1.82, 2.24) is 0 Å². The van der Waals surface area contributed by atoms with Gasteiger partial charge in [-0.2, -0.15) is 0 Å². The SMILES string of the molecule is CCOc1c(OC)cccc1C1Nc2ccccc2NC2=C1C(=O)CC(C)(C)C2. The van der Waals surface area contributed by atoms with Crippen LogP contribution in [0.15, 0.2) is 53.7 Å². The molecule has 2 N–H and O–H groups in total. The highest BCUT2D eigenvalue weighted by Gasteiger charge is 2.39. The lowest BCUT2D eigenvalue weighted by Crippen LogP contribution is -2.31. The van der Waals surface area contributed by atoms with E-state index < -0.39 is 0 Å². The molecule has 2 aromatic carbocycles. The van der Waals surface area contributed by atoms with Gasteiger partial charge in [0.25, 0.3) is 0 Å². The number of methoxy groups -OCH3 is 1. The number of benzene rings is 2. The van der Waals surface area contributed by atoms with Crippen molar-refractivity contribution < 1.29 is 14.3 Å². The molecule has 0 fully saturated rings. The topological polar surface area (TPSA) is 59.6 Å². The number of Topliss-reactive ketones (excluding diaryl/α,β-unsaturated/α-hetero) is 1. The van der Waals surface area contributed by atoms with E-state index in [0.29, 0.717) is 24.5 Å². The molecule has 0 spiro atoms. The summed E-state index contributed by atoms with van der Waals surface area (Å²) in [5, 5.41) is 7.16. The fraction of sp³-hybridized carbons (Fsp3) is 0.375. The second-order valence-electron chi connectivity index (χ2n) is 8.39. The van der Waals surface area contributed by atoms with E-state index >= 15 is 0 Å². The Balaban J connectivity index is 1.93. The van der Waals surface area contributed by atoms with Gasteiger partial charge in [-0.15, -0.1) is 0 Å². The van der Waals surface area contributed by atoms with Crippen molar-refractivity contribution in [3.63, 3.8) is 0 Å². The van der Waals surface area contributed by atoms with Gasteiger partial charge in [0.15, 0.2) is 17.3 Å². The van der Waals surface area contributed by atoms with Gasteiger partial charge in [0.05, 0.1) is 31.1 Å². The van der Waals surface area contributed by atoms with Gasteiger partial charge in [0.2, 0.25) is 0 Å². The normalized spacial score (nSPS) is 20.0. The minimum atomic E-state index is -0.318. The van der Waals surface area contributed by atoms with Crippen molar-refractivity contribution in [2.24, 2.45) is 5.41 Å². The predicted octanol–water partition coefficient (Wildman–Crippen LogP) is 5.32. The molecule has 0 amide bonds. The van der Waals surface area contributed by atoms with Crippen LogP contribution < -0.4 is 20.1 Å². The number of ketones is 1. The molecule has 0 aromatic heterocycles. The summed E-state index contributed by atoms with van der Waals surface area (Å²) in [7, 11) is 1.64. The van der Waals surface area contributed by atoms with Gasteiger partial charge < -0.3 is 20.1 Å². The van der Waals surface area contributed by atoms with Crippen molar-refractivity contribution >= 4 is 17.2 Å². The maximum Gasteiger partial charge on any atom is 0.166 e. The number of allylic oxidation sites excluding steroid dienone is 1. The Hall–Kier alpha value is -2.95. The van der Waals surface area contributed by atoms with E-state index in [1.807, 2.05) is 49.4 Å². The Bertz CT molecular complexity index is 978. The quantitative estimate of drug-likeness (QED) is 0.738. The zero-order chi connectivity index (χ0) is 20.6. The summed E-state index contributed by atoms with van der Waals surface area (Å²) in [5.41, 5.74) is 4.54. The summed E-state index contributed by atoms with van der Waals surface area (Å²) in [5.74, 6) is 1.51. The first-order chi connectivity index (χ1) is 13.9. The lowest BCUT2D eigenvalue weighted by Gasteiger charge is -2.34. The highest BCUT2D eigenvalue weighted by Crippen LogP contribution is 2.48. The molecule has 1 aliphatic carbocycles. The Morgan fingerprint density at radius 2 is 1.83 bits per heavy atom. The minimum Gasteiger partial charge on any atom is -0.493 e. The van der Waals surface area contributed by atoms with Crippen LogP contribution in [0.2, 0.25) is 0 Å². The van der Waals surface area contributed by atoms with Gasteiger partial charge in [0, 0.05) is 23.3 Å². The van der Waals surface area contributed by atoms with Crippen LogP contribution in [0.4, 0.5) is 11.4 Å². The number of carbonyl (C=O) groups is 1. The van der Waals surface area contributed by atoms with E-state index in [-0.39, 0.29) is 17.2 Å². The van der Waals surface area contributed by atoms with E-state index in [4.69, 9.17) is 9.47 Å². The van der Waals surface area contributed by atoms with Gasteiger partial charge in [0.1, 0.15) is 0 Å². The van der Waals surface area contributed by atoms with E-state index in [1.165, 1.54) is 0 Å². The average molecular weight is 392 g/mol. The number of para-hydroxylation sites is 3. The van der Waals surface area contributed by atoms with E-state index in [9.17, 15) is 4.79 Å². The highest BCUT2D eigenvalue weighted by molar-refractivity contribution is 6.01. The molecule has 1 unspecified atom stereocenters. The van der Waals surface area contributed by atoms with Gasteiger partial charge in [-0.25, -0.2) is 0 Å². The largest absolute Gasteiger partial charge is 0.493 e. The summed E-state index contributed by atoms with van der Waals surface area (Å²) in [6, 6.07) is 13.6. The summed E-state index contributed by atoms with van der Waals surface area (Å²) >= 11 is 0. The number of hydrogen-bond acceptors (Lipinski definition) is 5. The van der Waals surface area contributed by atoms with Crippen LogP contribution in [0.3, 0.4) is 0 Å². The average Bonchev–Trinajstić information content (AvgIpc) is 2.83. The van der Waals surface area contributed by atoms with Crippen LogP contribution in [0.1, 0.15) is 45.2 Å². The van der Waals surface area contributed by atoms with Crippen LogP contribution in [0, 0.1) is 5.41 Å². The maximum absolute atomic E-state index is 13.3. The van der Waals surface area contributed by atoms with Gasteiger partial charge in [-0.05, 0) is 37.0 Å². The predicted molar refractivity (Wildman–Crippen MR) is 116 cm³/mol. The number of hydrogen-bond donors (Lipinski definition) is 2. The van der Waals surface area contributed by atoms with Crippen LogP contribution in [0.25, 0.3) is 0 Å². The van der Waals surface area contributed by atoms with Crippen LogP contribution in [-0.4, -0.2) is 19.5 Å². The molecule has 29 heavy (non-hydrogen) atoms. The second kappa shape index (κ2) is 7.47. The van der Waals surface area contributed by atoms with Crippen molar-refractivity contribution in [1.29, 1.82) is 0 Å². The van der Waals surface area contributed by atoms with Crippen molar-refractivity contribution in [3.8, 4) is 11.5 Å². The molecular formula is C24H28N2O3. The monoisotopic (exact) mass is 392 g/mol. The van der Waals surface area contributed by atoms with E-state index in [0.717, 1.165) is 34.6 Å². The molecule has 0 bridgehead atoms. The molecule has 2 aliphatic rings. The molecule has 152 valence electrons. The number of carbonyl (C=O) groups excluding carboxylic acids is 1. The Labute approximate surface area is 172 Å². The van der Waals surface area contributed by atoms with E-state index in [2.05, 4.69) is 24.5 Å². The first-order valence-electron chi connectivity index (χ1n) is 10.1. The first kappa shape index (κ1) is 19.4. The fourth-order valence-corrected chi connectivity index (χ4v) is 4.34. The van der Waals surface area contributed by atoms with Crippen LogP contribution in [-0.2, 0) is 4.79 Å². The smallest absolute Gasteiger partial charge is 0.166 e. The summed E-state index contributed by atoms with van der Waals surface area (Å²) in [6.45, 7) is 6.76. The molecule has 5 heteroatoms. The number of rotatable bonds is 4. The molecule has 4 rings (SSSR count). The van der Waals surface area contributed by atoms with Gasteiger partial charge >= 0.3 is 0 Å². The lowest BCUT2D eigenvalue weighted by atomic mass is 9.73. The van der Waals surface area contributed by atoms with Crippen LogP contribution in [0.5, 0.6) is 11.5 Å². The van der Waals surface area contributed by atoms with Crippen molar-refractivity contribution in [3.05, 3.63) is 59.3 Å². The van der Waals surface area contributed by atoms with Gasteiger partial charge in [-0.3, -0.25) is 4.79 Å². The number of nitrogens with one attached hydrogen (secondary N) is 2. The number of ether oxygens (including phenoxy) is 2. The third-order valence-electron chi connectivity index (χ3n) is 5.55. The third-order valence-corrected chi connectivity index (χ3v) is 5.55. The Morgan fingerprint density at radius 1 is 1.07 bits per heavy atom. The molecule has 2 aromatic rings. The lowest BCUT2D eigenvalue weighted by molar-refractivity contribution is -0.118. The van der Waals surface area contributed by atoms with E-state index in [1.54, 1.807) is 7.11 Å². The molecule has 5 nitrogen and oxygen atoms in total. The first-order valence-corrected chi connectivity index (χ1v) is 10.1. The molecule has 1 atom stereocenters. The maximum atomic E-state index is 13.3. The number of anilines is 2. The zero-order valence-corrected chi connectivity index (χ0v) is 17.5. The summed E-state index contributed by atoms with van der Waals surface area (Å²) in [6.07, 6.45) is 1.34. The third kappa shape index (κ3) is 3.57. The second-order valence-corrected chi connectivity index (χ2v) is 8.39. The molecule has 0 radical (unpaired) electrons. The van der Waals surface area contributed by atoms with Crippen molar-refractivity contribution in [2.45, 2.75) is 39.7 Å². The molecule has 1 aliphatic heterocycles. The molecular weight excluding hydrogens is 364 g/mol. The summed E-state index contributed by atoms with van der Waals surface area (Å²) in [4.78, 5) is 13.3. The summed E-state index contributed by atoms with van der Waals surface area (Å²) < 4.78 is 11.5.